The van der Waals surface area contributed by atoms with Crippen LogP contribution in [0.2, 0.25) is 0 Å². The number of nitrogens with one attached hydrogen (secondary N) is 1. The van der Waals surface area contributed by atoms with Crippen LogP contribution < -0.4 is 15.8 Å². The highest BCUT2D eigenvalue weighted by atomic mass is 16.5. The molecule has 0 radical (unpaired) electrons. The summed E-state index contributed by atoms with van der Waals surface area (Å²) in [6.45, 7) is 3.31. The average Bonchev–Trinajstić information content (AvgIpc) is 2.26. The van der Waals surface area contributed by atoms with E-state index in [4.69, 9.17) is 10.5 Å². The molecule has 0 aromatic heterocycles. The maximum Gasteiger partial charge on any atom is 0.133 e. The first kappa shape index (κ1) is 12.5. The highest BCUT2D eigenvalue weighted by Crippen LogP contribution is 2.17. The van der Waals surface area contributed by atoms with Crippen LogP contribution >= 0.6 is 0 Å². The van der Waals surface area contributed by atoms with Crippen molar-refractivity contribution in [2.75, 3.05) is 25.0 Å². The van der Waals surface area contributed by atoms with E-state index in [0.717, 1.165) is 18.0 Å². The lowest BCUT2D eigenvalue weighted by molar-refractivity contribution is -0.117. The highest BCUT2D eigenvalue weighted by Gasteiger charge is 1.98. The molecule has 0 aliphatic heterocycles. The minimum Gasteiger partial charge on any atom is -0.493 e. The van der Waals surface area contributed by atoms with E-state index < -0.39 is 0 Å². The van der Waals surface area contributed by atoms with Crippen molar-refractivity contribution in [3.63, 3.8) is 0 Å². The van der Waals surface area contributed by atoms with Crippen LogP contribution in [-0.2, 0) is 4.79 Å². The van der Waals surface area contributed by atoms with Crippen LogP contribution in [0.3, 0.4) is 0 Å². The summed E-state index contributed by atoms with van der Waals surface area (Å²) in [5, 5.41) is 3.16. The third-order valence-electron chi connectivity index (χ3n) is 2.03. The van der Waals surface area contributed by atoms with Gasteiger partial charge in [-0.2, -0.15) is 0 Å². The zero-order chi connectivity index (χ0) is 11.8. The van der Waals surface area contributed by atoms with Crippen LogP contribution in [0.5, 0.6) is 5.75 Å². The molecule has 1 aromatic carbocycles. The number of carbonyl (C=O) groups is 1. The maximum atomic E-state index is 10.7. The van der Waals surface area contributed by atoms with Crippen molar-refractivity contribution < 1.29 is 9.53 Å². The number of benzene rings is 1. The van der Waals surface area contributed by atoms with Gasteiger partial charge in [0.1, 0.15) is 11.5 Å². The number of ether oxygens (including phenoxy) is 1. The van der Waals surface area contributed by atoms with Gasteiger partial charge in [-0.1, -0.05) is 6.07 Å². The van der Waals surface area contributed by atoms with Crippen molar-refractivity contribution >= 4 is 11.5 Å². The van der Waals surface area contributed by atoms with Gasteiger partial charge in [0.05, 0.1) is 6.61 Å². The van der Waals surface area contributed by atoms with Gasteiger partial charge in [-0.3, -0.25) is 4.79 Å². The molecule has 1 aromatic rings. The van der Waals surface area contributed by atoms with Crippen molar-refractivity contribution in [3.8, 4) is 5.75 Å². The molecule has 0 saturated carbocycles. The van der Waals surface area contributed by atoms with E-state index in [9.17, 15) is 4.79 Å². The SMILES string of the molecule is CC(=O)CCOc1cccc(NCCN)c1. The van der Waals surface area contributed by atoms with Gasteiger partial charge in [0.15, 0.2) is 0 Å². The van der Waals surface area contributed by atoms with E-state index in [1.54, 1.807) is 6.92 Å². The number of rotatable bonds is 7. The maximum absolute atomic E-state index is 10.7. The Balaban J connectivity index is 2.43. The second kappa shape index (κ2) is 6.85. The van der Waals surface area contributed by atoms with Crippen LogP contribution in [0.25, 0.3) is 0 Å². The molecule has 88 valence electrons. The number of hydrogen-bond acceptors (Lipinski definition) is 4. The molecule has 16 heavy (non-hydrogen) atoms. The molecular formula is C12H18N2O2. The van der Waals surface area contributed by atoms with E-state index in [2.05, 4.69) is 5.32 Å². The van der Waals surface area contributed by atoms with Gasteiger partial charge in [0.25, 0.3) is 0 Å². The summed E-state index contributed by atoms with van der Waals surface area (Å²) in [5.74, 6) is 0.903. The number of hydrogen-bond donors (Lipinski definition) is 2. The second-order valence-electron chi connectivity index (χ2n) is 3.54. The van der Waals surface area contributed by atoms with Crippen LogP contribution in [0, 0.1) is 0 Å². The van der Waals surface area contributed by atoms with Gasteiger partial charge in [-0.15, -0.1) is 0 Å². The quantitative estimate of drug-likeness (QED) is 0.732. The topological polar surface area (TPSA) is 64.3 Å². The minimum absolute atomic E-state index is 0.136. The fourth-order valence-corrected chi connectivity index (χ4v) is 1.22. The monoisotopic (exact) mass is 222 g/mol. The predicted octanol–water partition coefficient (Wildman–Crippen LogP) is 1.42. The lowest BCUT2D eigenvalue weighted by atomic mass is 10.3. The first-order valence-electron chi connectivity index (χ1n) is 5.38. The smallest absolute Gasteiger partial charge is 0.133 e. The molecule has 0 unspecified atom stereocenters. The summed E-state index contributed by atoms with van der Waals surface area (Å²) < 4.78 is 5.45. The fourth-order valence-electron chi connectivity index (χ4n) is 1.22. The third kappa shape index (κ3) is 4.79. The van der Waals surface area contributed by atoms with Crippen LogP contribution in [0.1, 0.15) is 13.3 Å². The number of Topliss-reactive ketones (excluding diaryl/α,β-unsaturated/α-hetero) is 1. The van der Waals surface area contributed by atoms with E-state index in [1.165, 1.54) is 0 Å². The highest BCUT2D eigenvalue weighted by molar-refractivity contribution is 5.75. The molecule has 0 aliphatic carbocycles. The average molecular weight is 222 g/mol. The summed E-state index contributed by atoms with van der Waals surface area (Å²) in [6.07, 6.45) is 0.445. The Morgan fingerprint density at radius 1 is 1.50 bits per heavy atom. The zero-order valence-electron chi connectivity index (χ0n) is 9.53. The van der Waals surface area contributed by atoms with Crippen LogP contribution in [0.4, 0.5) is 5.69 Å². The van der Waals surface area contributed by atoms with Gasteiger partial charge in [0, 0.05) is 31.3 Å². The summed E-state index contributed by atoms with van der Waals surface area (Å²) >= 11 is 0. The summed E-state index contributed by atoms with van der Waals surface area (Å²) in [4.78, 5) is 10.7. The Hall–Kier alpha value is -1.55. The number of ketones is 1. The van der Waals surface area contributed by atoms with Crippen molar-refractivity contribution in [2.45, 2.75) is 13.3 Å². The summed E-state index contributed by atoms with van der Waals surface area (Å²) in [7, 11) is 0. The molecule has 0 amide bonds. The Morgan fingerprint density at radius 3 is 3.00 bits per heavy atom. The Morgan fingerprint density at radius 2 is 2.31 bits per heavy atom. The Labute approximate surface area is 95.8 Å². The molecule has 3 N–H and O–H groups in total. The molecular weight excluding hydrogens is 204 g/mol. The van der Waals surface area contributed by atoms with Crippen molar-refractivity contribution in [3.05, 3.63) is 24.3 Å². The summed E-state index contributed by atoms with van der Waals surface area (Å²) in [6, 6.07) is 7.62. The molecule has 4 nitrogen and oxygen atoms in total. The number of anilines is 1. The first-order chi connectivity index (χ1) is 7.72. The lowest BCUT2D eigenvalue weighted by Gasteiger charge is -2.08. The molecule has 0 spiro atoms. The van der Waals surface area contributed by atoms with Crippen molar-refractivity contribution in [1.29, 1.82) is 0 Å². The fraction of sp³-hybridized carbons (Fsp3) is 0.417. The van der Waals surface area contributed by atoms with Crippen molar-refractivity contribution in [1.82, 2.24) is 0 Å². The van der Waals surface area contributed by atoms with E-state index in [1.807, 2.05) is 24.3 Å². The standard InChI is InChI=1S/C12H18N2O2/c1-10(15)5-8-16-12-4-2-3-11(9-12)14-7-6-13/h2-4,9,14H,5-8,13H2,1H3. The predicted molar refractivity (Wildman–Crippen MR) is 64.8 cm³/mol. The molecule has 0 bridgehead atoms. The Kier molecular flexibility index (Phi) is 5.36. The minimum atomic E-state index is 0.136. The lowest BCUT2D eigenvalue weighted by Crippen LogP contribution is -2.13. The Bertz CT molecular complexity index is 340. The molecule has 0 saturated heterocycles. The van der Waals surface area contributed by atoms with E-state index in [-0.39, 0.29) is 5.78 Å². The molecule has 1 rings (SSSR count). The number of carbonyl (C=O) groups excluding carboxylic acids is 1. The van der Waals surface area contributed by atoms with Gasteiger partial charge in [-0.25, -0.2) is 0 Å². The molecule has 4 heteroatoms. The van der Waals surface area contributed by atoms with Crippen molar-refractivity contribution in [2.24, 2.45) is 5.73 Å². The van der Waals surface area contributed by atoms with Crippen LogP contribution in [0.15, 0.2) is 24.3 Å². The van der Waals surface area contributed by atoms with Gasteiger partial charge in [0.2, 0.25) is 0 Å². The van der Waals surface area contributed by atoms with Gasteiger partial charge in [-0.05, 0) is 19.1 Å². The van der Waals surface area contributed by atoms with E-state index >= 15 is 0 Å². The second-order valence-corrected chi connectivity index (χ2v) is 3.54. The van der Waals surface area contributed by atoms with Crippen LogP contribution in [-0.4, -0.2) is 25.5 Å². The first-order valence-corrected chi connectivity index (χ1v) is 5.38. The third-order valence-corrected chi connectivity index (χ3v) is 2.03. The van der Waals surface area contributed by atoms with Gasteiger partial charge >= 0.3 is 0 Å². The molecule has 0 fully saturated rings. The molecule has 0 atom stereocenters. The van der Waals surface area contributed by atoms with E-state index in [0.29, 0.717) is 19.6 Å². The number of nitrogens with two attached hydrogens (primary N) is 1. The van der Waals surface area contributed by atoms with Gasteiger partial charge < -0.3 is 15.8 Å². The molecule has 0 aliphatic rings. The largest absolute Gasteiger partial charge is 0.493 e. The summed E-state index contributed by atoms with van der Waals surface area (Å²) in [5.41, 5.74) is 6.37. The normalized spacial score (nSPS) is 9.88. The molecule has 0 heterocycles. The zero-order valence-corrected chi connectivity index (χ0v) is 9.53.